The maximum absolute atomic E-state index is 12.8. The van der Waals surface area contributed by atoms with E-state index in [1.165, 1.54) is 19.3 Å². The maximum Gasteiger partial charge on any atom is 0.407 e. The number of rotatable bonds is 6. The third kappa shape index (κ3) is 9.70. The fourth-order valence-electron chi connectivity index (χ4n) is 4.19. The van der Waals surface area contributed by atoms with Crippen LogP contribution in [0.15, 0.2) is 4.99 Å². The molecule has 0 bridgehead atoms. The second kappa shape index (κ2) is 13.4. The van der Waals surface area contributed by atoms with Gasteiger partial charge in [0, 0.05) is 38.6 Å². The smallest absolute Gasteiger partial charge is 0.407 e. The number of hydrogen-bond donors (Lipinski definition) is 3. The van der Waals surface area contributed by atoms with Gasteiger partial charge in [0.1, 0.15) is 5.60 Å². The summed E-state index contributed by atoms with van der Waals surface area (Å²) in [7, 11) is 1.74. The summed E-state index contributed by atoms with van der Waals surface area (Å²) < 4.78 is 5.38. The SMILES string of the molecule is CN=C(NCC(NC(=O)OC(C)(C)C)C(C)C)NC1CCN(C(=O)C2CCCCC2)C1.I. The molecule has 32 heavy (non-hydrogen) atoms. The molecule has 2 amide bonds. The van der Waals surface area contributed by atoms with Gasteiger partial charge in [-0.3, -0.25) is 9.79 Å². The predicted molar refractivity (Wildman–Crippen MR) is 139 cm³/mol. The van der Waals surface area contributed by atoms with E-state index in [-0.39, 0.29) is 47.9 Å². The van der Waals surface area contributed by atoms with E-state index in [0.29, 0.717) is 18.4 Å². The molecule has 0 radical (unpaired) electrons. The Labute approximate surface area is 211 Å². The number of amides is 2. The first-order chi connectivity index (χ1) is 14.6. The Bertz CT molecular complexity index is 630. The zero-order chi connectivity index (χ0) is 23.0. The third-order valence-corrected chi connectivity index (χ3v) is 6.02. The third-order valence-electron chi connectivity index (χ3n) is 6.02. The molecule has 2 fully saturated rings. The van der Waals surface area contributed by atoms with Crippen molar-refractivity contribution in [1.82, 2.24) is 20.9 Å². The van der Waals surface area contributed by atoms with Crippen LogP contribution in [0, 0.1) is 11.8 Å². The summed E-state index contributed by atoms with van der Waals surface area (Å²) in [5.74, 6) is 1.46. The normalized spacial score (nSPS) is 21.0. The molecule has 0 aromatic carbocycles. The van der Waals surface area contributed by atoms with E-state index in [2.05, 4.69) is 34.8 Å². The van der Waals surface area contributed by atoms with Gasteiger partial charge in [-0.15, -0.1) is 24.0 Å². The Morgan fingerprint density at radius 2 is 1.78 bits per heavy atom. The van der Waals surface area contributed by atoms with Crippen LogP contribution in [0.2, 0.25) is 0 Å². The molecule has 2 unspecified atom stereocenters. The first kappa shape index (κ1) is 28.8. The van der Waals surface area contributed by atoms with Gasteiger partial charge in [0.25, 0.3) is 0 Å². The van der Waals surface area contributed by atoms with Gasteiger partial charge in [0.15, 0.2) is 5.96 Å². The van der Waals surface area contributed by atoms with E-state index in [0.717, 1.165) is 32.4 Å². The molecule has 1 saturated heterocycles. The van der Waals surface area contributed by atoms with E-state index in [9.17, 15) is 9.59 Å². The number of hydrogen-bond acceptors (Lipinski definition) is 4. The number of nitrogens with zero attached hydrogens (tertiary/aromatic N) is 2. The van der Waals surface area contributed by atoms with Gasteiger partial charge in [-0.25, -0.2) is 4.79 Å². The second-order valence-electron chi connectivity index (χ2n) is 10.2. The molecule has 1 heterocycles. The fourth-order valence-corrected chi connectivity index (χ4v) is 4.19. The molecule has 8 nitrogen and oxygen atoms in total. The molecule has 0 spiro atoms. The van der Waals surface area contributed by atoms with Crippen molar-refractivity contribution in [3.05, 3.63) is 0 Å². The minimum Gasteiger partial charge on any atom is -0.444 e. The summed E-state index contributed by atoms with van der Waals surface area (Å²) >= 11 is 0. The van der Waals surface area contributed by atoms with Crippen molar-refractivity contribution in [3.63, 3.8) is 0 Å². The lowest BCUT2D eigenvalue weighted by atomic mass is 9.88. The molecule has 1 aliphatic heterocycles. The van der Waals surface area contributed by atoms with Crippen LogP contribution >= 0.6 is 24.0 Å². The van der Waals surface area contributed by atoms with Crippen LogP contribution in [-0.2, 0) is 9.53 Å². The quantitative estimate of drug-likeness (QED) is 0.261. The van der Waals surface area contributed by atoms with Crippen LogP contribution in [-0.4, -0.2) is 67.2 Å². The van der Waals surface area contributed by atoms with E-state index in [4.69, 9.17) is 4.74 Å². The Balaban J connectivity index is 0.00000512. The zero-order valence-corrected chi connectivity index (χ0v) is 23.0. The minimum absolute atomic E-state index is 0. The maximum atomic E-state index is 12.8. The summed E-state index contributed by atoms with van der Waals surface area (Å²) in [4.78, 5) is 31.3. The molecule has 0 aromatic heterocycles. The average molecular weight is 566 g/mol. The first-order valence-electron chi connectivity index (χ1n) is 11.8. The van der Waals surface area contributed by atoms with Crippen molar-refractivity contribution in [3.8, 4) is 0 Å². The lowest BCUT2D eigenvalue weighted by Crippen LogP contribution is -2.52. The topological polar surface area (TPSA) is 95.1 Å². The van der Waals surface area contributed by atoms with E-state index >= 15 is 0 Å². The molecule has 9 heteroatoms. The Morgan fingerprint density at radius 1 is 1.12 bits per heavy atom. The lowest BCUT2D eigenvalue weighted by Gasteiger charge is -2.27. The van der Waals surface area contributed by atoms with Gasteiger partial charge in [-0.2, -0.15) is 0 Å². The van der Waals surface area contributed by atoms with Crippen molar-refractivity contribution < 1.29 is 14.3 Å². The van der Waals surface area contributed by atoms with Crippen LogP contribution in [0.3, 0.4) is 0 Å². The van der Waals surface area contributed by atoms with Crippen molar-refractivity contribution in [2.45, 2.75) is 90.8 Å². The van der Waals surface area contributed by atoms with E-state index in [1.54, 1.807) is 7.05 Å². The van der Waals surface area contributed by atoms with Gasteiger partial charge in [0.05, 0.1) is 6.04 Å². The fraction of sp³-hybridized carbons (Fsp3) is 0.870. The van der Waals surface area contributed by atoms with E-state index < -0.39 is 11.7 Å². The van der Waals surface area contributed by atoms with Gasteiger partial charge in [-0.1, -0.05) is 33.1 Å². The molecular weight excluding hydrogens is 521 g/mol. The number of guanidine groups is 1. The highest BCUT2D eigenvalue weighted by molar-refractivity contribution is 14.0. The molecule has 0 aromatic rings. The first-order valence-corrected chi connectivity index (χ1v) is 11.8. The highest BCUT2D eigenvalue weighted by Gasteiger charge is 2.32. The van der Waals surface area contributed by atoms with Crippen LogP contribution in [0.25, 0.3) is 0 Å². The van der Waals surface area contributed by atoms with Crippen molar-refractivity contribution in [1.29, 1.82) is 0 Å². The summed E-state index contributed by atoms with van der Waals surface area (Å²) in [6, 6.07) is 0.0939. The van der Waals surface area contributed by atoms with Gasteiger partial charge >= 0.3 is 6.09 Å². The predicted octanol–water partition coefficient (Wildman–Crippen LogP) is 3.50. The van der Waals surface area contributed by atoms with Crippen molar-refractivity contribution in [2.75, 3.05) is 26.7 Å². The lowest BCUT2D eigenvalue weighted by molar-refractivity contribution is -0.135. The van der Waals surface area contributed by atoms with Crippen LogP contribution in [0.1, 0.15) is 73.1 Å². The standard InChI is InChI=1S/C23H43N5O3.HI/c1-16(2)19(27-22(30)31-23(3,4)5)14-25-21(24-6)26-18-12-13-28(15-18)20(29)17-10-8-7-9-11-17;/h16-19H,7-15H2,1-6H3,(H,27,30)(H2,24,25,26);1H. The highest BCUT2D eigenvalue weighted by atomic mass is 127. The van der Waals surface area contributed by atoms with Crippen molar-refractivity contribution in [2.24, 2.45) is 16.8 Å². The van der Waals surface area contributed by atoms with Gasteiger partial charge < -0.3 is 25.6 Å². The Morgan fingerprint density at radius 3 is 2.34 bits per heavy atom. The largest absolute Gasteiger partial charge is 0.444 e. The molecule has 1 saturated carbocycles. The number of carbonyl (C=O) groups excluding carboxylic acids is 2. The monoisotopic (exact) mass is 565 g/mol. The van der Waals surface area contributed by atoms with Crippen LogP contribution < -0.4 is 16.0 Å². The molecular formula is C23H44IN5O3. The molecule has 2 rings (SSSR count). The zero-order valence-electron chi connectivity index (χ0n) is 20.7. The summed E-state index contributed by atoms with van der Waals surface area (Å²) in [6.45, 7) is 11.7. The molecule has 1 aliphatic carbocycles. The number of nitrogens with one attached hydrogen (secondary N) is 3. The van der Waals surface area contributed by atoms with E-state index in [1.807, 2.05) is 25.7 Å². The van der Waals surface area contributed by atoms with Crippen molar-refractivity contribution >= 4 is 41.9 Å². The number of alkyl carbamates (subject to hydrolysis) is 1. The van der Waals surface area contributed by atoms with Gasteiger partial charge in [-0.05, 0) is 46.0 Å². The number of halogens is 1. The number of ether oxygens (including phenoxy) is 1. The second-order valence-corrected chi connectivity index (χ2v) is 10.2. The number of carbonyl (C=O) groups is 2. The van der Waals surface area contributed by atoms with Crippen LogP contribution in [0.4, 0.5) is 4.79 Å². The summed E-state index contributed by atoms with van der Waals surface area (Å²) in [6.07, 6.45) is 6.20. The average Bonchev–Trinajstić information content (AvgIpc) is 3.17. The Kier molecular flexibility index (Phi) is 12.1. The van der Waals surface area contributed by atoms with Crippen LogP contribution in [0.5, 0.6) is 0 Å². The molecule has 3 N–H and O–H groups in total. The molecule has 186 valence electrons. The minimum atomic E-state index is -0.528. The highest BCUT2D eigenvalue weighted by Crippen LogP contribution is 2.26. The van der Waals surface area contributed by atoms with Gasteiger partial charge in [0.2, 0.25) is 5.91 Å². The summed E-state index contributed by atoms with van der Waals surface area (Å²) in [5.41, 5.74) is -0.528. The molecule has 2 atom stereocenters. The summed E-state index contributed by atoms with van der Waals surface area (Å²) in [5, 5.41) is 9.70. The Hall–Kier alpha value is -1.26. The molecule has 2 aliphatic rings. The number of likely N-dealkylation sites (tertiary alicyclic amines) is 1. The number of aliphatic imine (C=N–C) groups is 1.